The molecule has 0 N–H and O–H groups in total. The van der Waals surface area contributed by atoms with E-state index in [0.717, 1.165) is 27.6 Å². The number of aromatic nitrogens is 3. The summed E-state index contributed by atoms with van der Waals surface area (Å²) in [4.78, 5) is 9.06. The van der Waals surface area contributed by atoms with Gasteiger partial charge in [0.25, 0.3) is 0 Å². The molecule has 0 aliphatic heterocycles. The second-order valence-corrected chi connectivity index (χ2v) is 3.97. The maximum Gasteiger partial charge on any atom is 0.149 e. The van der Waals surface area contributed by atoms with Crippen LogP contribution in [0.1, 0.15) is 0 Å². The van der Waals surface area contributed by atoms with Crippen molar-refractivity contribution in [3.63, 3.8) is 0 Å². The molecule has 4 rings (SSSR count). The van der Waals surface area contributed by atoms with Crippen molar-refractivity contribution in [3.05, 3.63) is 54.9 Å². The molecular weight excluding hydrogens is 210 g/mol. The summed E-state index contributed by atoms with van der Waals surface area (Å²) in [5.41, 5.74) is 3.90. The first-order valence-electron chi connectivity index (χ1n) is 5.46. The molecule has 0 amide bonds. The quantitative estimate of drug-likeness (QED) is 0.454. The van der Waals surface area contributed by atoms with Crippen molar-refractivity contribution in [3.8, 4) is 0 Å². The summed E-state index contributed by atoms with van der Waals surface area (Å²) in [5.74, 6) is 0. The van der Waals surface area contributed by atoms with Gasteiger partial charge in [-0.3, -0.25) is 4.40 Å². The van der Waals surface area contributed by atoms with Crippen LogP contribution in [0.5, 0.6) is 0 Å². The summed E-state index contributed by atoms with van der Waals surface area (Å²) < 4.78 is 2.01. The summed E-state index contributed by atoms with van der Waals surface area (Å²) in [6.45, 7) is 0. The van der Waals surface area contributed by atoms with E-state index in [4.69, 9.17) is 0 Å². The third-order valence-electron chi connectivity index (χ3n) is 2.97. The minimum absolute atomic E-state index is 0.914. The fourth-order valence-electron chi connectivity index (χ4n) is 2.17. The van der Waals surface area contributed by atoms with Gasteiger partial charge in [0.1, 0.15) is 12.0 Å². The van der Waals surface area contributed by atoms with Crippen LogP contribution in [0.4, 0.5) is 0 Å². The van der Waals surface area contributed by atoms with Crippen LogP contribution in [0.15, 0.2) is 48.8 Å². The Labute approximate surface area is 97.4 Å². The van der Waals surface area contributed by atoms with Gasteiger partial charge in [0.2, 0.25) is 0 Å². The molecular formula is C14H8N3. The summed E-state index contributed by atoms with van der Waals surface area (Å²) in [6.07, 6.45) is 1.82. The highest BCUT2D eigenvalue weighted by atomic mass is 15.0. The molecule has 1 radical (unpaired) electrons. The van der Waals surface area contributed by atoms with Crippen LogP contribution in [0.3, 0.4) is 0 Å². The first kappa shape index (κ1) is 8.70. The van der Waals surface area contributed by atoms with Crippen molar-refractivity contribution in [1.29, 1.82) is 0 Å². The Morgan fingerprint density at radius 1 is 1.00 bits per heavy atom. The average molecular weight is 218 g/mol. The molecule has 0 atom stereocenters. The monoisotopic (exact) mass is 218 g/mol. The van der Waals surface area contributed by atoms with Gasteiger partial charge in [0.15, 0.2) is 0 Å². The van der Waals surface area contributed by atoms with Crippen LogP contribution in [-0.2, 0) is 0 Å². The Morgan fingerprint density at radius 2 is 1.88 bits per heavy atom. The first-order valence-corrected chi connectivity index (χ1v) is 5.46. The zero-order valence-electron chi connectivity index (χ0n) is 8.96. The number of hydrogen-bond acceptors (Lipinski definition) is 2. The van der Waals surface area contributed by atoms with E-state index in [1.165, 1.54) is 0 Å². The van der Waals surface area contributed by atoms with Crippen molar-refractivity contribution in [1.82, 2.24) is 14.4 Å². The van der Waals surface area contributed by atoms with Gasteiger partial charge in [-0.2, -0.15) is 0 Å². The molecule has 0 fully saturated rings. The molecule has 17 heavy (non-hydrogen) atoms. The number of benzene rings is 2. The van der Waals surface area contributed by atoms with Crippen LogP contribution in [0.2, 0.25) is 0 Å². The minimum atomic E-state index is 0.914. The predicted octanol–water partition coefficient (Wildman–Crippen LogP) is 2.84. The van der Waals surface area contributed by atoms with Crippen molar-refractivity contribution in [2.75, 3.05) is 0 Å². The lowest BCUT2D eigenvalue weighted by Gasteiger charge is -1.98. The summed E-state index contributed by atoms with van der Waals surface area (Å²) >= 11 is 0. The van der Waals surface area contributed by atoms with Crippen molar-refractivity contribution >= 4 is 27.6 Å². The SMILES string of the molecule is [c]1cccc2ncn3c4ccccc4nc3c12. The normalized spacial score (nSPS) is 11.5. The molecule has 2 aromatic carbocycles. The van der Waals surface area contributed by atoms with E-state index in [1.54, 1.807) is 0 Å². The predicted molar refractivity (Wildman–Crippen MR) is 66.8 cm³/mol. The number of imidazole rings is 1. The summed E-state index contributed by atoms with van der Waals surface area (Å²) in [6, 6.07) is 17.1. The molecule has 0 aliphatic rings. The lowest BCUT2D eigenvalue weighted by molar-refractivity contribution is 1.15. The Bertz CT molecular complexity index is 846. The molecule has 79 valence electrons. The van der Waals surface area contributed by atoms with Crippen molar-refractivity contribution < 1.29 is 0 Å². The van der Waals surface area contributed by atoms with E-state index >= 15 is 0 Å². The highest BCUT2D eigenvalue weighted by molar-refractivity contribution is 5.95. The second kappa shape index (κ2) is 3.04. The molecule has 0 aliphatic carbocycles. The van der Waals surface area contributed by atoms with E-state index in [-0.39, 0.29) is 0 Å². The number of nitrogens with zero attached hydrogens (tertiary/aromatic N) is 3. The van der Waals surface area contributed by atoms with Gasteiger partial charge < -0.3 is 0 Å². The van der Waals surface area contributed by atoms with Gasteiger partial charge in [0, 0.05) is 0 Å². The van der Waals surface area contributed by atoms with Crippen LogP contribution < -0.4 is 0 Å². The topological polar surface area (TPSA) is 30.2 Å². The molecule has 0 unspecified atom stereocenters. The van der Waals surface area contributed by atoms with E-state index in [0.29, 0.717) is 0 Å². The largest absolute Gasteiger partial charge is 0.282 e. The van der Waals surface area contributed by atoms with E-state index in [2.05, 4.69) is 16.0 Å². The highest BCUT2D eigenvalue weighted by Crippen LogP contribution is 2.21. The first-order chi connectivity index (χ1) is 8.43. The summed E-state index contributed by atoms with van der Waals surface area (Å²) in [5, 5.41) is 0.964. The molecule has 0 saturated carbocycles. The third kappa shape index (κ3) is 1.11. The standard InChI is InChI=1S/C14H8N3/c1-2-6-11-10(5-1)14-16-12-7-3-4-8-13(12)17(14)9-15-11/h1-4,6-9H. The van der Waals surface area contributed by atoms with E-state index < -0.39 is 0 Å². The van der Waals surface area contributed by atoms with Crippen LogP contribution in [0.25, 0.3) is 27.6 Å². The van der Waals surface area contributed by atoms with Crippen LogP contribution >= 0.6 is 0 Å². The number of rotatable bonds is 0. The van der Waals surface area contributed by atoms with Crippen LogP contribution in [-0.4, -0.2) is 14.4 Å². The second-order valence-electron chi connectivity index (χ2n) is 3.97. The maximum absolute atomic E-state index is 4.64. The Kier molecular flexibility index (Phi) is 1.56. The number of para-hydroxylation sites is 2. The molecule has 0 bridgehead atoms. The van der Waals surface area contributed by atoms with Gasteiger partial charge in [-0.05, 0) is 24.3 Å². The van der Waals surface area contributed by atoms with E-state index in [1.807, 2.05) is 53.2 Å². The molecule has 2 aromatic heterocycles. The zero-order chi connectivity index (χ0) is 11.2. The summed E-state index contributed by atoms with van der Waals surface area (Å²) in [7, 11) is 0. The molecule has 2 heterocycles. The fourth-order valence-corrected chi connectivity index (χ4v) is 2.17. The lowest BCUT2D eigenvalue weighted by Crippen LogP contribution is -1.89. The van der Waals surface area contributed by atoms with Gasteiger partial charge in [-0.1, -0.05) is 24.3 Å². The third-order valence-corrected chi connectivity index (χ3v) is 2.97. The molecule has 3 heteroatoms. The average Bonchev–Trinajstić information content (AvgIpc) is 2.78. The molecule has 0 saturated heterocycles. The van der Waals surface area contributed by atoms with Crippen molar-refractivity contribution in [2.45, 2.75) is 0 Å². The molecule has 3 nitrogen and oxygen atoms in total. The van der Waals surface area contributed by atoms with Crippen molar-refractivity contribution in [2.24, 2.45) is 0 Å². The van der Waals surface area contributed by atoms with Gasteiger partial charge in [-0.25, -0.2) is 9.97 Å². The highest BCUT2D eigenvalue weighted by Gasteiger charge is 2.07. The number of hydrogen-bond donors (Lipinski definition) is 0. The zero-order valence-corrected chi connectivity index (χ0v) is 8.96. The lowest BCUT2D eigenvalue weighted by atomic mass is 10.2. The number of fused-ring (bicyclic) bond motifs is 5. The Hall–Kier alpha value is -2.42. The van der Waals surface area contributed by atoms with E-state index in [9.17, 15) is 0 Å². The fraction of sp³-hybridized carbons (Fsp3) is 0. The minimum Gasteiger partial charge on any atom is -0.282 e. The van der Waals surface area contributed by atoms with Gasteiger partial charge in [0.05, 0.1) is 21.9 Å². The maximum atomic E-state index is 4.64. The molecule has 0 spiro atoms. The Balaban J connectivity index is 2.34. The molecule has 4 aromatic rings. The van der Waals surface area contributed by atoms with Gasteiger partial charge >= 0.3 is 0 Å². The van der Waals surface area contributed by atoms with Crippen LogP contribution in [0, 0.1) is 6.07 Å². The Morgan fingerprint density at radius 3 is 2.88 bits per heavy atom. The smallest absolute Gasteiger partial charge is 0.149 e. The van der Waals surface area contributed by atoms with Gasteiger partial charge in [-0.15, -0.1) is 0 Å².